The zero-order valence-corrected chi connectivity index (χ0v) is 9.98. The van der Waals surface area contributed by atoms with Gasteiger partial charge in [0.15, 0.2) is 11.0 Å². The van der Waals surface area contributed by atoms with Crippen LogP contribution in [0, 0.1) is 17.7 Å². The maximum atomic E-state index is 13.7. The highest BCUT2D eigenvalue weighted by Gasteiger charge is 2.15. The van der Waals surface area contributed by atoms with E-state index in [1.165, 1.54) is 0 Å². The number of nitrogens with zero attached hydrogens (tertiary/aromatic N) is 1. The molecule has 0 bridgehead atoms. The molecule has 0 fully saturated rings. The first-order chi connectivity index (χ1) is 8.54. The number of halogens is 2. The van der Waals surface area contributed by atoms with E-state index in [1.54, 1.807) is 0 Å². The highest BCUT2D eigenvalue weighted by molar-refractivity contribution is 6.30. The Hall–Kier alpha value is -2.13. The Labute approximate surface area is 105 Å². The lowest BCUT2D eigenvalue weighted by molar-refractivity contribution is 0.630. The summed E-state index contributed by atoms with van der Waals surface area (Å²) in [6.07, 6.45) is 0.541. The summed E-state index contributed by atoms with van der Waals surface area (Å²) in [4.78, 5) is 30.6. The van der Waals surface area contributed by atoms with Crippen molar-refractivity contribution in [2.45, 2.75) is 13.3 Å². The summed E-state index contributed by atoms with van der Waals surface area (Å²) in [6, 6.07) is 0. The molecular weight excluding hydrogens is 261 g/mol. The van der Waals surface area contributed by atoms with E-state index in [-0.39, 0.29) is 16.6 Å². The lowest BCUT2D eigenvalue weighted by Gasteiger charge is -2.02. The lowest BCUT2D eigenvalue weighted by atomic mass is 10.2. The van der Waals surface area contributed by atoms with Gasteiger partial charge < -0.3 is 4.98 Å². The fourth-order valence-corrected chi connectivity index (χ4v) is 1.62. The van der Waals surface area contributed by atoms with E-state index < -0.39 is 22.2 Å². The molecule has 0 saturated carbocycles. The number of nitrogens with one attached hydrogen (secondary N) is 2. The zero-order chi connectivity index (χ0) is 13.3. The van der Waals surface area contributed by atoms with Gasteiger partial charge in [-0.3, -0.25) is 9.78 Å². The van der Waals surface area contributed by atoms with Gasteiger partial charge in [0.1, 0.15) is 11.1 Å². The third-order valence-electron chi connectivity index (χ3n) is 2.17. The molecule has 18 heavy (non-hydrogen) atoms. The predicted octanol–water partition coefficient (Wildman–Crippen LogP) is 1.17. The third kappa shape index (κ3) is 2.00. The SMILES string of the molecule is CCC#Cc1nc(Cl)c(F)c2[nH]c(=O)[nH]c(=O)c12. The Morgan fingerprint density at radius 3 is 2.78 bits per heavy atom. The van der Waals surface area contributed by atoms with Crippen molar-refractivity contribution in [2.24, 2.45) is 0 Å². The fourth-order valence-electron chi connectivity index (χ4n) is 1.45. The molecule has 0 aliphatic heterocycles. The van der Waals surface area contributed by atoms with Crippen molar-refractivity contribution in [3.8, 4) is 11.8 Å². The number of rotatable bonds is 0. The van der Waals surface area contributed by atoms with Gasteiger partial charge in [0.05, 0.1) is 5.52 Å². The van der Waals surface area contributed by atoms with Crippen molar-refractivity contribution < 1.29 is 4.39 Å². The number of aromatic nitrogens is 3. The molecule has 2 aromatic rings. The van der Waals surface area contributed by atoms with Crippen molar-refractivity contribution in [1.82, 2.24) is 15.0 Å². The van der Waals surface area contributed by atoms with Crippen molar-refractivity contribution in [2.75, 3.05) is 0 Å². The third-order valence-corrected chi connectivity index (χ3v) is 2.42. The van der Waals surface area contributed by atoms with Crippen LogP contribution in [-0.2, 0) is 0 Å². The first kappa shape index (κ1) is 12.3. The first-order valence-corrected chi connectivity index (χ1v) is 5.42. The molecule has 92 valence electrons. The molecule has 0 spiro atoms. The van der Waals surface area contributed by atoms with Gasteiger partial charge in [-0.15, -0.1) is 0 Å². The molecule has 0 aliphatic carbocycles. The average Bonchev–Trinajstić information content (AvgIpc) is 2.31. The van der Waals surface area contributed by atoms with Crippen LogP contribution >= 0.6 is 11.6 Å². The van der Waals surface area contributed by atoms with Gasteiger partial charge in [-0.05, 0) is 5.92 Å². The number of aromatic amines is 2. The van der Waals surface area contributed by atoms with Gasteiger partial charge in [0, 0.05) is 6.42 Å². The second-order valence-corrected chi connectivity index (χ2v) is 3.74. The van der Waals surface area contributed by atoms with Gasteiger partial charge in [-0.1, -0.05) is 24.4 Å². The Kier molecular flexibility index (Phi) is 3.17. The Bertz CT molecular complexity index is 798. The van der Waals surface area contributed by atoms with Crippen LogP contribution in [0.2, 0.25) is 5.15 Å². The van der Waals surface area contributed by atoms with E-state index in [4.69, 9.17) is 11.6 Å². The molecule has 5 nitrogen and oxygen atoms in total. The maximum absolute atomic E-state index is 13.7. The highest BCUT2D eigenvalue weighted by atomic mass is 35.5. The zero-order valence-electron chi connectivity index (χ0n) is 9.23. The van der Waals surface area contributed by atoms with Gasteiger partial charge in [-0.2, -0.15) is 0 Å². The number of hydrogen-bond donors (Lipinski definition) is 2. The Morgan fingerprint density at radius 2 is 2.11 bits per heavy atom. The van der Waals surface area contributed by atoms with Crippen LogP contribution in [0.25, 0.3) is 10.9 Å². The topological polar surface area (TPSA) is 78.6 Å². The molecule has 0 radical (unpaired) electrons. The lowest BCUT2D eigenvalue weighted by Crippen LogP contribution is -2.23. The molecule has 0 aromatic carbocycles. The van der Waals surface area contributed by atoms with Crippen LogP contribution in [0.4, 0.5) is 4.39 Å². The van der Waals surface area contributed by atoms with Crippen LogP contribution < -0.4 is 11.2 Å². The fraction of sp³-hybridized carbons (Fsp3) is 0.182. The van der Waals surface area contributed by atoms with Crippen molar-refractivity contribution in [1.29, 1.82) is 0 Å². The monoisotopic (exact) mass is 267 g/mol. The second kappa shape index (κ2) is 4.63. The highest BCUT2D eigenvalue weighted by Crippen LogP contribution is 2.20. The molecule has 0 amide bonds. The molecule has 0 aliphatic rings. The summed E-state index contributed by atoms with van der Waals surface area (Å²) < 4.78 is 13.7. The molecule has 0 saturated heterocycles. The van der Waals surface area contributed by atoms with E-state index in [9.17, 15) is 14.0 Å². The smallest absolute Gasteiger partial charge is 0.304 e. The molecule has 0 unspecified atom stereocenters. The van der Waals surface area contributed by atoms with E-state index in [1.807, 2.05) is 11.9 Å². The van der Waals surface area contributed by atoms with Crippen molar-refractivity contribution in [3.63, 3.8) is 0 Å². The van der Waals surface area contributed by atoms with Crippen molar-refractivity contribution >= 4 is 22.5 Å². The summed E-state index contributed by atoms with van der Waals surface area (Å²) in [7, 11) is 0. The van der Waals surface area contributed by atoms with E-state index in [2.05, 4.69) is 21.8 Å². The number of hydrogen-bond acceptors (Lipinski definition) is 3. The molecule has 2 N–H and O–H groups in total. The summed E-state index contributed by atoms with van der Waals surface area (Å²) in [6.45, 7) is 1.81. The van der Waals surface area contributed by atoms with E-state index in [0.717, 1.165) is 0 Å². The molecular formula is C11H7ClFN3O2. The summed E-state index contributed by atoms with van der Waals surface area (Å²) >= 11 is 5.59. The summed E-state index contributed by atoms with van der Waals surface area (Å²) in [5, 5.41) is -0.554. The van der Waals surface area contributed by atoms with Crippen LogP contribution in [0.1, 0.15) is 19.0 Å². The minimum Gasteiger partial charge on any atom is -0.304 e. The van der Waals surface area contributed by atoms with Crippen LogP contribution in [0.3, 0.4) is 0 Å². The summed E-state index contributed by atoms with van der Waals surface area (Å²) in [5.41, 5.74) is -1.82. The number of H-pyrrole nitrogens is 2. The van der Waals surface area contributed by atoms with Crippen LogP contribution in [0.5, 0.6) is 0 Å². The van der Waals surface area contributed by atoms with Gasteiger partial charge in [0.2, 0.25) is 0 Å². The van der Waals surface area contributed by atoms with Crippen molar-refractivity contribution in [3.05, 3.63) is 37.5 Å². The van der Waals surface area contributed by atoms with Gasteiger partial charge in [0.25, 0.3) is 5.56 Å². The normalized spacial score (nSPS) is 10.2. The van der Waals surface area contributed by atoms with Gasteiger partial charge in [-0.25, -0.2) is 14.2 Å². The average molecular weight is 268 g/mol. The minimum absolute atomic E-state index is 0.0377. The standard InChI is InChI=1S/C11H7ClFN3O2/c1-2-3-4-5-6-8(7(13)9(12)14-5)15-11(18)16-10(6)17/h2H2,1H3,(H2,15,16,17,18). The van der Waals surface area contributed by atoms with E-state index >= 15 is 0 Å². The minimum atomic E-state index is -0.947. The molecule has 0 atom stereocenters. The predicted molar refractivity (Wildman–Crippen MR) is 65.1 cm³/mol. The number of pyridine rings is 1. The molecule has 2 heterocycles. The molecule has 2 rings (SSSR count). The summed E-state index contributed by atoms with van der Waals surface area (Å²) in [5.74, 6) is 4.37. The molecule has 2 aromatic heterocycles. The molecule has 7 heteroatoms. The quantitative estimate of drug-likeness (QED) is 0.555. The maximum Gasteiger partial charge on any atom is 0.326 e. The Morgan fingerprint density at radius 1 is 1.39 bits per heavy atom. The van der Waals surface area contributed by atoms with Crippen LogP contribution in [0.15, 0.2) is 9.59 Å². The van der Waals surface area contributed by atoms with Crippen LogP contribution in [-0.4, -0.2) is 15.0 Å². The second-order valence-electron chi connectivity index (χ2n) is 3.38. The van der Waals surface area contributed by atoms with E-state index in [0.29, 0.717) is 6.42 Å². The Balaban J connectivity index is 3.01. The van der Waals surface area contributed by atoms with Gasteiger partial charge >= 0.3 is 5.69 Å². The first-order valence-electron chi connectivity index (χ1n) is 5.04. The largest absolute Gasteiger partial charge is 0.326 e. The number of fused-ring (bicyclic) bond motifs is 1.